The number of hydrogen-bond acceptors (Lipinski definition) is 9. The number of fused-ring (bicyclic) bond motifs is 1. The molecule has 0 bridgehead atoms. The second-order valence-corrected chi connectivity index (χ2v) is 9.69. The highest BCUT2D eigenvalue weighted by molar-refractivity contribution is 7.91. The van der Waals surface area contributed by atoms with Crippen molar-refractivity contribution in [3.8, 4) is 5.75 Å². The fraction of sp³-hybridized carbons (Fsp3) is 0.389. The summed E-state index contributed by atoms with van der Waals surface area (Å²) in [5.41, 5.74) is 0.705. The first-order valence-corrected chi connectivity index (χ1v) is 11.6. The van der Waals surface area contributed by atoms with Crippen molar-refractivity contribution in [3.05, 3.63) is 30.6 Å². The molecule has 0 unspecified atom stereocenters. The van der Waals surface area contributed by atoms with Crippen LogP contribution in [-0.4, -0.2) is 42.6 Å². The van der Waals surface area contributed by atoms with Crippen LogP contribution in [0.25, 0.3) is 10.9 Å². The zero-order valence-corrected chi connectivity index (χ0v) is 17.5. The van der Waals surface area contributed by atoms with E-state index in [1.165, 1.54) is 6.20 Å². The number of rotatable bonds is 6. The number of aromatic nitrogens is 3. The molecular weight excluding hydrogens is 412 g/mol. The third-order valence-electron chi connectivity index (χ3n) is 4.91. The molecule has 1 saturated carbocycles. The number of nitrogens with zero attached hydrogens (tertiary/aromatic N) is 3. The molecule has 1 aromatic carbocycles. The smallest absolute Gasteiger partial charge is 0.265 e. The van der Waals surface area contributed by atoms with E-state index in [0.29, 0.717) is 22.5 Å². The van der Waals surface area contributed by atoms with Crippen molar-refractivity contribution in [1.82, 2.24) is 20.3 Å². The molecule has 11 heteroatoms. The fourth-order valence-electron chi connectivity index (χ4n) is 3.39. The average Bonchev–Trinajstić information content (AvgIpc) is 3.18. The number of benzene rings is 1. The maximum Gasteiger partial charge on any atom is 0.265 e. The normalized spacial score (nSPS) is 19.9. The Morgan fingerprint density at radius 1 is 1.17 bits per heavy atom. The van der Waals surface area contributed by atoms with E-state index in [1.807, 2.05) is 25.2 Å². The lowest BCUT2D eigenvalue weighted by atomic mass is 9.93. The van der Waals surface area contributed by atoms with Crippen molar-refractivity contribution in [1.29, 1.82) is 0 Å². The molecule has 2 heterocycles. The molecule has 0 radical (unpaired) electrons. The molecule has 9 nitrogen and oxygen atoms in total. The molecule has 4 rings (SSSR count). The fourth-order valence-corrected chi connectivity index (χ4v) is 4.87. The lowest BCUT2D eigenvalue weighted by Gasteiger charge is -2.28. The van der Waals surface area contributed by atoms with Gasteiger partial charge in [-0.15, -0.1) is 0 Å². The number of hydrogen-bond donors (Lipinski definition) is 3. The Kier molecular flexibility index (Phi) is 5.63. The number of primary sulfonamides is 1. The van der Waals surface area contributed by atoms with Crippen molar-refractivity contribution in [2.45, 2.75) is 42.2 Å². The van der Waals surface area contributed by atoms with E-state index in [1.54, 1.807) is 6.20 Å². The number of nitrogens with two attached hydrogens (primary N) is 1. The summed E-state index contributed by atoms with van der Waals surface area (Å²) < 4.78 is 28.9. The molecule has 0 atom stereocenters. The molecule has 0 aliphatic heterocycles. The number of para-hydroxylation sites is 1. The molecule has 1 fully saturated rings. The number of ether oxygens (including phenoxy) is 1. The topological polar surface area (TPSA) is 132 Å². The Morgan fingerprint density at radius 3 is 2.66 bits per heavy atom. The third-order valence-corrected chi connectivity index (χ3v) is 7.16. The Morgan fingerprint density at radius 2 is 1.97 bits per heavy atom. The van der Waals surface area contributed by atoms with Gasteiger partial charge in [-0.1, -0.05) is 23.5 Å². The SMILES string of the molecule is CNC1CCC(Oc2cccc3cnc(Nc4cnc(S(N)(=O)=O)s4)nc23)CC1. The number of sulfonamides is 1. The van der Waals surface area contributed by atoms with Crippen LogP contribution >= 0.6 is 11.3 Å². The monoisotopic (exact) mass is 434 g/mol. The van der Waals surface area contributed by atoms with Crippen LogP contribution < -0.4 is 20.5 Å². The molecule has 29 heavy (non-hydrogen) atoms. The van der Waals surface area contributed by atoms with Crippen LogP contribution in [0.1, 0.15) is 25.7 Å². The highest BCUT2D eigenvalue weighted by atomic mass is 32.2. The summed E-state index contributed by atoms with van der Waals surface area (Å²) in [5.74, 6) is 1.05. The zero-order chi connectivity index (χ0) is 20.4. The van der Waals surface area contributed by atoms with Gasteiger partial charge < -0.3 is 15.4 Å². The van der Waals surface area contributed by atoms with Crippen molar-refractivity contribution in [3.63, 3.8) is 0 Å². The molecule has 0 saturated heterocycles. The lowest BCUT2D eigenvalue weighted by Crippen LogP contribution is -2.34. The summed E-state index contributed by atoms with van der Waals surface area (Å²) in [5, 5.41) is 12.8. The largest absolute Gasteiger partial charge is 0.488 e. The molecule has 0 spiro atoms. The van der Waals surface area contributed by atoms with Gasteiger partial charge in [-0.25, -0.2) is 28.5 Å². The van der Waals surface area contributed by atoms with E-state index >= 15 is 0 Å². The first-order chi connectivity index (χ1) is 13.9. The highest BCUT2D eigenvalue weighted by Crippen LogP contribution is 2.30. The second kappa shape index (κ2) is 8.19. The maximum absolute atomic E-state index is 11.4. The van der Waals surface area contributed by atoms with Gasteiger partial charge in [-0.3, -0.25) is 0 Å². The summed E-state index contributed by atoms with van der Waals surface area (Å²) in [6.07, 6.45) is 7.43. The molecule has 4 N–H and O–H groups in total. The van der Waals surface area contributed by atoms with Crippen molar-refractivity contribution >= 4 is 43.2 Å². The first-order valence-electron chi connectivity index (χ1n) is 9.28. The van der Waals surface area contributed by atoms with Gasteiger partial charge in [-0.2, -0.15) is 0 Å². The van der Waals surface area contributed by atoms with E-state index in [-0.39, 0.29) is 10.4 Å². The summed E-state index contributed by atoms with van der Waals surface area (Å²) >= 11 is 0.923. The van der Waals surface area contributed by atoms with Crippen LogP contribution in [0.5, 0.6) is 5.75 Å². The molecule has 1 aliphatic rings. The minimum absolute atomic E-state index is 0.162. The van der Waals surface area contributed by atoms with E-state index in [9.17, 15) is 8.42 Å². The summed E-state index contributed by atoms with van der Waals surface area (Å²) in [7, 11) is -1.84. The molecule has 154 valence electrons. The Balaban J connectivity index is 1.55. The quantitative estimate of drug-likeness (QED) is 0.539. The molecular formula is C18H22N6O3S2. The predicted octanol–water partition coefficient (Wildman–Crippen LogP) is 2.39. The highest BCUT2D eigenvalue weighted by Gasteiger charge is 2.22. The predicted molar refractivity (Wildman–Crippen MR) is 112 cm³/mol. The van der Waals surface area contributed by atoms with Gasteiger partial charge in [0.15, 0.2) is 0 Å². The number of thiazole rings is 1. The van der Waals surface area contributed by atoms with Gasteiger partial charge in [0.25, 0.3) is 10.0 Å². The van der Waals surface area contributed by atoms with Crippen LogP contribution in [0.15, 0.2) is 34.9 Å². The molecule has 2 aromatic heterocycles. The maximum atomic E-state index is 11.4. The second-order valence-electron chi connectivity index (χ2n) is 6.93. The van der Waals surface area contributed by atoms with E-state index < -0.39 is 10.0 Å². The Bertz CT molecular complexity index is 1110. The van der Waals surface area contributed by atoms with Crippen molar-refractivity contribution < 1.29 is 13.2 Å². The van der Waals surface area contributed by atoms with Gasteiger partial charge in [0.1, 0.15) is 16.3 Å². The summed E-state index contributed by atoms with van der Waals surface area (Å²) in [6.45, 7) is 0. The van der Waals surface area contributed by atoms with Crippen molar-refractivity contribution in [2.75, 3.05) is 12.4 Å². The van der Waals surface area contributed by atoms with Crippen LogP contribution in [0.4, 0.5) is 10.9 Å². The first kappa shape index (κ1) is 20.0. The third kappa shape index (κ3) is 4.64. The van der Waals surface area contributed by atoms with Gasteiger partial charge >= 0.3 is 0 Å². The number of nitrogens with one attached hydrogen (secondary N) is 2. The van der Waals surface area contributed by atoms with Crippen LogP contribution in [0.2, 0.25) is 0 Å². The average molecular weight is 435 g/mol. The number of anilines is 2. The van der Waals surface area contributed by atoms with Gasteiger partial charge in [-0.05, 0) is 38.8 Å². The van der Waals surface area contributed by atoms with E-state index in [2.05, 4.69) is 25.6 Å². The van der Waals surface area contributed by atoms with Crippen LogP contribution in [0.3, 0.4) is 0 Å². The Labute approximate surface area is 172 Å². The minimum Gasteiger partial charge on any atom is -0.488 e. The standard InChI is InChI=1S/C18H22N6O3S2/c1-20-12-5-7-13(8-6-12)27-14-4-2-3-11-9-21-17(24-16(11)14)23-15-10-22-18(28-15)29(19,25)26/h2-4,9-10,12-13,20H,5-8H2,1H3,(H2,19,25,26)(H,21,23,24). The summed E-state index contributed by atoms with van der Waals surface area (Å²) in [6, 6.07) is 6.32. The van der Waals surface area contributed by atoms with Gasteiger partial charge in [0, 0.05) is 17.6 Å². The molecule has 1 aliphatic carbocycles. The van der Waals surface area contributed by atoms with E-state index in [0.717, 1.165) is 48.2 Å². The van der Waals surface area contributed by atoms with Crippen LogP contribution in [0, 0.1) is 0 Å². The molecule has 3 aromatic rings. The van der Waals surface area contributed by atoms with E-state index in [4.69, 9.17) is 9.88 Å². The summed E-state index contributed by atoms with van der Waals surface area (Å²) in [4.78, 5) is 12.7. The van der Waals surface area contributed by atoms with Gasteiger partial charge in [0.05, 0.1) is 12.3 Å². The Hall–Kier alpha value is -2.34. The minimum atomic E-state index is -3.84. The lowest BCUT2D eigenvalue weighted by molar-refractivity contribution is 0.143. The van der Waals surface area contributed by atoms with Gasteiger partial charge in [0.2, 0.25) is 10.3 Å². The van der Waals surface area contributed by atoms with Crippen molar-refractivity contribution in [2.24, 2.45) is 5.14 Å². The molecule has 0 amide bonds. The zero-order valence-electron chi connectivity index (χ0n) is 15.8. The van der Waals surface area contributed by atoms with Crippen LogP contribution in [-0.2, 0) is 10.0 Å².